The van der Waals surface area contributed by atoms with Crippen LogP contribution in [0.1, 0.15) is 55.2 Å². The van der Waals surface area contributed by atoms with Crippen molar-refractivity contribution in [2.45, 2.75) is 51.2 Å². The molecule has 0 spiro atoms. The van der Waals surface area contributed by atoms with Crippen molar-refractivity contribution in [3.8, 4) is 0 Å². The Morgan fingerprint density at radius 1 is 1.23 bits per heavy atom. The lowest BCUT2D eigenvalue weighted by molar-refractivity contribution is -0.192. The van der Waals surface area contributed by atoms with Gasteiger partial charge < -0.3 is 15.3 Å². The number of aliphatic carboxylic acids is 1. The Morgan fingerprint density at radius 3 is 2.45 bits per heavy atom. The molecule has 1 unspecified atom stereocenters. The topological polar surface area (TPSA) is 99.8 Å². The molecule has 1 aliphatic heterocycles. The molecule has 1 atom stereocenters. The molecular weight excluding hydrogens is 415 g/mol. The summed E-state index contributed by atoms with van der Waals surface area (Å²) in [5, 5.41) is 18.8. The average Bonchev–Trinajstić information content (AvgIpc) is 3.23. The number of nitrogens with zero attached hydrogens (tertiary/aromatic N) is 4. The average molecular weight is 441 g/mol. The summed E-state index contributed by atoms with van der Waals surface area (Å²) in [5.74, 6) is -0.716. The van der Waals surface area contributed by atoms with Crippen LogP contribution >= 0.6 is 0 Å². The van der Waals surface area contributed by atoms with E-state index in [9.17, 15) is 18.0 Å². The van der Waals surface area contributed by atoms with Gasteiger partial charge in [0.05, 0.1) is 5.56 Å². The summed E-state index contributed by atoms with van der Waals surface area (Å²) in [6, 6.07) is 4.28. The second-order valence-electron chi connectivity index (χ2n) is 8.23. The zero-order valence-electron chi connectivity index (χ0n) is 17.4. The van der Waals surface area contributed by atoms with Crippen LogP contribution < -0.4 is 5.32 Å². The Kier molecular flexibility index (Phi) is 6.83. The predicted molar refractivity (Wildman–Crippen MR) is 106 cm³/mol. The van der Waals surface area contributed by atoms with Crippen molar-refractivity contribution < 1.29 is 27.9 Å². The van der Waals surface area contributed by atoms with Crippen LogP contribution in [0.2, 0.25) is 0 Å². The lowest BCUT2D eigenvalue weighted by Gasteiger charge is -2.19. The van der Waals surface area contributed by atoms with E-state index in [1.807, 2.05) is 22.7 Å². The van der Waals surface area contributed by atoms with Gasteiger partial charge >= 0.3 is 12.1 Å². The van der Waals surface area contributed by atoms with Crippen molar-refractivity contribution in [1.82, 2.24) is 24.8 Å². The lowest BCUT2D eigenvalue weighted by Crippen LogP contribution is -2.28. The molecule has 170 valence electrons. The second-order valence-corrected chi connectivity index (χ2v) is 8.23. The molecule has 0 bridgehead atoms. The van der Waals surface area contributed by atoms with Crippen molar-refractivity contribution in [2.75, 3.05) is 19.6 Å². The van der Waals surface area contributed by atoms with E-state index in [0.29, 0.717) is 23.4 Å². The molecule has 1 amide bonds. The first-order valence-electron chi connectivity index (χ1n) is 10.2. The Morgan fingerprint density at radius 2 is 1.90 bits per heavy atom. The fourth-order valence-electron chi connectivity index (χ4n) is 3.45. The molecule has 1 saturated heterocycles. The van der Waals surface area contributed by atoms with Crippen LogP contribution in [-0.2, 0) is 4.79 Å². The van der Waals surface area contributed by atoms with Gasteiger partial charge in [-0.05, 0) is 57.7 Å². The van der Waals surface area contributed by atoms with Gasteiger partial charge in [0.25, 0.3) is 5.91 Å². The fourth-order valence-corrected chi connectivity index (χ4v) is 3.45. The Balaban J connectivity index is 0.000000339. The SMILES string of the molecule is CC(C)N1CCC(c2nnc3ccc(C(=O)NCC4CC4)cn23)C1.O=C(O)C(F)(F)F. The van der Waals surface area contributed by atoms with Crippen LogP contribution in [0.4, 0.5) is 13.2 Å². The number of aromatic nitrogens is 3. The van der Waals surface area contributed by atoms with Gasteiger partial charge in [0.1, 0.15) is 5.82 Å². The summed E-state index contributed by atoms with van der Waals surface area (Å²) in [5.41, 5.74) is 1.50. The zero-order chi connectivity index (χ0) is 22.8. The number of carboxylic acids is 1. The van der Waals surface area contributed by atoms with Crippen molar-refractivity contribution in [2.24, 2.45) is 5.92 Å². The van der Waals surface area contributed by atoms with E-state index in [4.69, 9.17) is 9.90 Å². The minimum absolute atomic E-state index is 0.00122. The third kappa shape index (κ3) is 5.93. The number of likely N-dealkylation sites (tertiary alicyclic amines) is 1. The number of hydrogen-bond donors (Lipinski definition) is 2. The number of hydrogen-bond acceptors (Lipinski definition) is 5. The molecule has 2 N–H and O–H groups in total. The van der Waals surface area contributed by atoms with Crippen molar-refractivity contribution in [1.29, 1.82) is 0 Å². The molecule has 3 heterocycles. The van der Waals surface area contributed by atoms with Gasteiger partial charge in [-0.1, -0.05) is 0 Å². The van der Waals surface area contributed by atoms with Crippen LogP contribution in [0.3, 0.4) is 0 Å². The highest BCUT2D eigenvalue weighted by atomic mass is 19.4. The van der Waals surface area contributed by atoms with E-state index in [0.717, 1.165) is 37.5 Å². The molecule has 2 fully saturated rings. The monoisotopic (exact) mass is 441 g/mol. The maximum absolute atomic E-state index is 12.3. The van der Waals surface area contributed by atoms with Crippen molar-refractivity contribution in [3.05, 3.63) is 29.7 Å². The molecule has 2 aromatic rings. The largest absolute Gasteiger partial charge is 0.490 e. The van der Waals surface area contributed by atoms with Gasteiger partial charge in [-0.3, -0.25) is 9.20 Å². The van der Waals surface area contributed by atoms with E-state index in [2.05, 4.69) is 34.3 Å². The minimum atomic E-state index is -5.08. The first-order chi connectivity index (χ1) is 14.6. The molecule has 11 heteroatoms. The molecule has 1 saturated carbocycles. The lowest BCUT2D eigenvalue weighted by atomic mass is 10.1. The van der Waals surface area contributed by atoms with Crippen LogP contribution in [0.5, 0.6) is 0 Å². The standard InChI is InChI=1S/C18H25N5O.C2HF3O2/c1-12(2)22-8-7-14(10-22)17-21-20-16-6-5-15(11-23(16)17)18(24)19-9-13-3-4-13;3-2(4,5)1(6)7/h5-6,11-14H,3-4,7-10H2,1-2H3,(H,19,24);(H,6,7). The number of nitrogens with one attached hydrogen (secondary N) is 1. The number of alkyl halides is 3. The molecule has 4 rings (SSSR count). The first kappa shape index (κ1) is 23.0. The van der Waals surface area contributed by atoms with E-state index in [1.165, 1.54) is 12.8 Å². The van der Waals surface area contributed by atoms with E-state index < -0.39 is 12.1 Å². The summed E-state index contributed by atoms with van der Waals surface area (Å²) in [7, 11) is 0. The molecule has 2 aliphatic rings. The van der Waals surface area contributed by atoms with E-state index in [-0.39, 0.29) is 5.91 Å². The number of pyridine rings is 1. The van der Waals surface area contributed by atoms with Gasteiger partial charge in [-0.25, -0.2) is 4.79 Å². The van der Waals surface area contributed by atoms with Gasteiger partial charge in [-0.15, -0.1) is 10.2 Å². The summed E-state index contributed by atoms with van der Waals surface area (Å²) >= 11 is 0. The van der Waals surface area contributed by atoms with Gasteiger partial charge in [0.2, 0.25) is 0 Å². The highest BCUT2D eigenvalue weighted by Gasteiger charge is 2.38. The number of carbonyl (C=O) groups excluding carboxylic acids is 1. The maximum Gasteiger partial charge on any atom is 0.490 e. The second kappa shape index (κ2) is 9.21. The Labute approximate surface area is 177 Å². The van der Waals surface area contributed by atoms with E-state index in [1.54, 1.807) is 0 Å². The van der Waals surface area contributed by atoms with Crippen molar-refractivity contribution in [3.63, 3.8) is 0 Å². The number of rotatable bonds is 5. The molecule has 1 aliphatic carbocycles. The predicted octanol–water partition coefficient (Wildman–Crippen LogP) is 2.70. The first-order valence-corrected chi connectivity index (χ1v) is 10.2. The van der Waals surface area contributed by atoms with Crippen LogP contribution in [0.25, 0.3) is 5.65 Å². The third-order valence-corrected chi connectivity index (χ3v) is 5.50. The summed E-state index contributed by atoms with van der Waals surface area (Å²) < 4.78 is 33.7. The normalized spacial score (nSPS) is 19.4. The number of carboxylic acid groups (broad SMARTS) is 1. The Hall–Kier alpha value is -2.69. The van der Waals surface area contributed by atoms with Crippen molar-refractivity contribution >= 4 is 17.5 Å². The Bertz CT molecular complexity index is 940. The molecule has 0 aromatic carbocycles. The zero-order valence-corrected chi connectivity index (χ0v) is 17.4. The fraction of sp³-hybridized carbons (Fsp3) is 0.600. The number of halogens is 3. The highest BCUT2D eigenvalue weighted by Crippen LogP contribution is 2.28. The summed E-state index contributed by atoms with van der Waals surface area (Å²) in [6.07, 6.45) is 0.383. The molecule has 8 nitrogen and oxygen atoms in total. The minimum Gasteiger partial charge on any atom is -0.475 e. The van der Waals surface area contributed by atoms with Crippen LogP contribution in [0, 0.1) is 5.92 Å². The van der Waals surface area contributed by atoms with Gasteiger partial charge in [-0.2, -0.15) is 13.2 Å². The number of fused-ring (bicyclic) bond motifs is 1. The maximum atomic E-state index is 12.3. The van der Waals surface area contributed by atoms with Crippen LogP contribution in [0.15, 0.2) is 18.3 Å². The van der Waals surface area contributed by atoms with Crippen LogP contribution in [-0.4, -0.2) is 68.3 Å². The van der Waals surface area contributed by atoms with E-state index >= 15 is 0 Å². The quantitative estimate of drug-likeness (QED) is 0.740. The number of carbonyl (C=O) groups is 2. The molecule has 31 heavy (non-hydrogen) atoms. The number of amides is 1. The molecule has 2 aromatic heterocycles. The summed E-state index contributed by atoms with van der Waals surface area (Å²) in [4.78, 5) is 23.7. The highest BCUT2D eigenvalue weighted by molar-refractivity contribution is 5.94. The smallest absolute Gasteiger partial charge is 0.475 e. The summed E-state index contributed by atoms with van der Waals surface area (Å²) in [6.45, 7) is 7.35. The third-order valence-electron chi connectivity index (χ3n) is 5.50. The molecular formula is C20H26F3N5O3. The van der Waals surface area contributed by atoms with Gasteiger partial charge in [0.15, 0.2) is 5.65 Å². The molecule has 0 radical (unpaired) electrons. The van der Waals surface area contributed by atoms with Gasteiger partial charge in [0, 0.05) is 31.2 Å².